The van der Waals surface area contributed by atoms with Crippen molar-refractivity contribution in [3.8, 4) is 5.88 Å². The van der Waals surface area contributed by atoms with Crippen LogP contribution in [-0.2, 0) is 4.74 Å². The van der Waals surface area contributed by atoms with Crippen LogP contribution in [0.4, 0.5) is 9.18 Å². The summed E-state index contributed by atoms with van der Waals surface area (Å²) in [6.07, 6.45) is 0.525. The molecule has 1 saturated heterocycles. The number of piperidine rings is 1. The number of pyridine rings is 1. The molecule has 2 heterocycles. The van der Waals surface area contributed by atoms with Crippen molar-refractivity contribution in [3.05, 3.63) is 23.9 Å². The number of hydrogen-bond donors (Lipinski definition) is 0. The zero-order valence-corrected chi connectivity index (χ0v) is 13.5. The second-order valence-electron chi connectivity index (χ2n) is 6.55. The summed E-state index contributed by atoms with van der Waals surface area (Å²) in [7, 11) is 1.55. The number of hydrogen-bond acceptors (Lipinski definition) is 4. The number of nitrogens with zero attached hydrogens (tertiary/aromatic N) is 2. The van der Waals surface area contributed by atoms with E-state index < -0.39 is 17.9 Å². The van der Waals surface area contributed by atoms with Crippen LogP contribution in [0.25, 0.3) is 0 Å². The molecule has 0 bridgehead atoms. The second-order valence-corrected chi connectivity index (χ2v) is 6.55. The first kappa shape index (κ1) is 16.5. The second kappa shape index (κ2) is 6.50. The van der Waals surface area contributed by atoms with E-state index in [0.29, 0.717) is 18.8 Å². The smallest absolute Gasteiger partial charge is 0.410 e. The van der Waals surface area contributed by atoms with Gasteiger partial charge in [-0.1, -0.05) is 6.07 Å². The first-order valence-electron chi connectivity index (χ1n) is 7.40. The van der Waals surface area contributed by atoms with E-state index in [-0.39, 0.29) is 12.5 Å². The van der Waals surface area contributed by atoms with Gasteiger partial charge in [0.1, 0.15) is 11.8 Å². The number of carbonyl (C=O) groups excluding carboxylic acids is 1. The molecule has 5 nitrogen and oxygen atoms in total. The Balaban J connectivity index is 2.08. The van der Waals surface area contributed by atoms with Gasteiger partial charge < -0.3 is 14.4 Å². The third kappa shape index (κ3) is 4.32. The van der Waals surface area contributed by atoms with Crippen molar-refractivity contribution in [2.24, 2.45) is 0 Å². The molecule has 1 aliphatic rings. The molecule has 1 amide bonds. The third-order valence-corrected chi connectivity index (χ3v) is 3.49. The van der Waals surface area contributed by atoms with Gasteiger partial charge in [0.15, 0.2) is 0 Å². The van der Waals surface area contributed by atoms with Gasteiger partial charge in [-0.25, -0.2) is 14.2 Å². The van der Waals surface area contributed by atoms with Crippen molar-refractivity contribution in [1.82, 2.24) is 9.88 Å². The van der Waals surface area contributed by atoms with Crippen molar-refractivity contribution in [2.45, 2.75) is 44.9 Å². The summed E-state index contributed by atoms with van der Waals surface area (Å²) in [5.74, 6) is 0.426. The minimum absolute atomic E-state index is 0.0784. The minimum Gasteiger partial charge on any atom is -0.481 e. The van der Waals surface area contributed by atoms with Gasteiger partial charge in [-0.2, -0.15) is 0 Å². The maximum Gasteiger partial charge on any atom is 0.410 e. The average Bonchev–Trinajstić information content (AvgIpc) is 2.45. The van der Waals surface area contributed by atoms with Crippen LogP contribution in [0.2, 0.25) is 0 Å². The number of likely N-dealkylation sites (tertiary alicyclic amines) is 1. The van der Waals surface area contributed by atoms with Gasteiger partial charge in [-0.15, -0.1) is 0 Å². The summed E-state index contributed by atoms with van der Waals surface area (Å²) >= 11 is 0. The normalized spacial score (nSPS) is 22.3. The van der Waals surface area contributed by atoms with Crippen LogP contribution >= 0.6 is 0 Å². The highest BCUT2D eigenvalue weighted by Crippen LogP contribution is 2.29. The first-order chi connectivity index (χ1) is 10.3. The van der Waals surface area contributed by atoms with E-state index in [1.807, 2.05) is 6.07 Å². The van der Waals surface area contributed by atoms with Crippen molar-refractivity contribution in [2.75, 3.05) is 20.2 Å². The van der Waals surface area contributed by atoms with E-state index in [2.05, 4.69) is 4.98 Å². The van der Waals surface area contributed by atoms with Gasteiger partial charge in [0.25, 0.3) is 0 Å². The third-order valence-electron chi connectivity index (χ3n) is 3.49. The molecular formula is C16H23FN2O3. The highest BCUT2D eigenvalue weighted by atomic mass is 19.1. The number of rotatable bonds is 2. The van der Waals surface area contributed by atoms with Crippen LogP contribution in [0.5, 0.6) is 5.88 Å². The largest absolute Gasteiger partial charge is 0.481 e. The highest BCUT2D eigenvalue weighted by Gasteiger charge is 2.33. The van der Waals surface area contributed by atoms with E-state index in [4.69, 9.17) is 9.47 Å². The van der Waals surface area contributed by atoms with Crippen LogP contribution in [-0.4, -0.2) is 47.9 Å². The van der Waals surface area contributed by atoms with Crippen LogP contribution in [0.1, 0.15) is 38.7 Å². The van der Waals surface area contributed by atoms with Gasteiger partial charge >= 0.3 is 6.09 Å². The van der Waals surface area contributed by atoms with Crippen LogP contribution in [0.15, 0.2) is 18.3 Å². The van der Waals surface area contributed by atoms with Crippen LogP contribution in [0, 0.1) is 0 Å². The summed E-state index contributed by atoms with van der Waals surface area (Å²) in [6, 6.07) is 3.61. The number of aromatic nitrogens is 1. The first-order valence-corrected chi connectivity index (χ1v) is 7.40. The zero-order chi connectivity index (χ0) is 16.3. The molecule has 122 valence electrons. The van der Waals surface area contributed by atoms with Gasteiger partial charge in [0.05, 0.1) is 13.7 Å². The molecule has 0 spiro atoms. The van der Waals surface area contributed by atoms with E-state index in [9.17, 15) is 9.18 Å². The van der Waals surface area contributed by atoms with Crippen LogP contribution < -0.4 is 4.74 Å². The Morgan fingerprint density at radius 1 is 1.36 bits per heavy atom. The molecule has 2 atom stereocenters. The number of ether oxygens (including phenoxy) is 2. The van der Waals surface area contributed by atoms with E-state index in [0.717, 1.165) is 5.56 Å². The molecule has 2 rings (SSSR count). The van der Waals surface area contributed by atoms with Gasteiger partial charge in [0, 0.05) is 24.7 Å². The van der Waals surface area contributed by atoms with Crippen molar-refractivity contribution < 1.29 is 18.7 Å². The fourth-order valence-corrected chi connectivity index (χ4v) is 2.51. The SMILES string of the molecule is COc1ccc([C@@H]2C[C@@H](F)CN(C(=O)OC(C)(C)C)C2)cn1. The Morgan fingerprint density at radius 3 is 2.64 bits per heavy atom. The lowest BCUT2D eigenvalue weighted by molar-refractivity contribution is 0.0111. The standard InChI is InChI=1S/C16H23FN2O3/c1-16(2,3)22-15(20)19-9-12(7-13(17)10-19)11-5-6-14(21-4)18-8-11/h5-6,8,12-13H,7,9-10H2,1-4H3/t12-,13-/m1/s1. The molecule has 1 aromatic heterocycles. The number of carbonyl (C=O) groups is 1. The minimum atomic E-state index is -1.06. The van der Waals surface area contributed by atoms with Crippen LogP contribution in [0.3, 0.4) is 0 Å². The Labute approximate surface area is 130 Å². The highest BCUT2D eigenvalue weighted by molar-refractivity contribution is 5.68. The molecule has 0 unspecified atom stereocenters. The Morgan fingerprint density at radius 2 is 2.09 bits per heavy atom. The van der Waals surface area contributed by atoms with E-state index in [1.54, 1.807) is 40.1 Å². The molecule has 22 heavy (non-hydrogen) atoms. The fraction of sp³-hybridized carbons (Fsp3) is 0.625. The average molecular weight is 310 g/mol. The van der Waals surface area contributed by atoms with Crippen molar-refractivity contribution in [1.29, 1.82) is 0 Å². The molecule has 1 aromatic rings. The monoisotopic (exact) mass is 310 g/mol. The summed E-state index contributed by atoms with van der Waals surface area (Å²) in [6.45, 7) is 5.91. The molecule has 1 aliphatic heterocycles. The lowest BCUT2D eigenvalue weighted by atomic mass is 9.91. The summed E-state index contributed by atoms with van der Waals surface area (Å²) in [5.41, 5.74) is 0.314. The van der Waals surface area contributed by atoms with Crippen molar-refractivity contribution in [3.63, 3.8) is 0 Å². The van der Waals surface area contributed by atoms with E-state index >= 15 is 0 Å². The maximum absolute atomic E-state index is 14.0. The zero-order valence-electron chi connectivity index (χ0n) is 13.5. The topological polar surface area (TPSA) is 51.7 Å². The van der Waals surface area contributed by atoms with Gasteiger partial charge in [-0.05, 0) is 32.8 Å². The lowest BCUT2D eigenvalue weighted by Crippen LogP contribution is -2.46. The quantitative estimate of drug-likeness (QED) is 0.842. The Hall–Kier alpha value is -1.85. The Bertz CT molecular complexity index is 513. The van der Waals surface area contributed by atoms with Gasteiger partial charge in [0.2, 0.25) is 5.88 Å². The summed E-state index contributed by atoms with van der Waals surface area (Å²) in [5, 5.41) is 0. The molecular weight excluding hydrogens is 287 g/mol. The number of alkyl halides is 1. The number of amides is 1. The number of halogens is 1. The fourth-order valence-electron chi connectivity index (χ4n) is 2.51. The van der Waals surface area contributed by atoms with Gasteiger partial charge in [-0.3, -0.25) is 0 Å². The predicted molar refractivity (Wildman–Crippen MR) is 80.9 cm³/mol. The van der Waals surface area contributed by atoms with E-state index in [1.165, 1.54) is 4.90 Å². The predicted octanol–water partition coefficient (Wildman–Crippen LogP) is 3.15. The lowest BCUT2D eigenvalue weighted by Gasteiger charge is -2.35. The summed E-state index contributed by atoms with van der Waals surface area (Å²) in [4.78, 5) is 17.7. The van der Waals surface area contributed by atoms with Crippen molar-refractivity contribution >= 4 is 6.09 Å². The molecule has 0 aliphatic carbocycles. The molecule has 1 fully saturated rings. The molecule has 0 aromatic carbocycles. The molecule has 0 radical (unpaired) electrons. The molecule has 6 heteroatoms. The molecule has 0 saturated carbocycles. The number of methoxy groups -OCH3 is 1. The Kier molecular flexibility index (Phi) is 4.88. The molecule has 0 N–H and O–H groups in total. The summed E-state index contributed by atoms with van der Waals surface area (Å²) < 4.78 is 24.4. The maximum atomic E-state index is 14.0.